The normalized spacial score (nSPS) is 18.2. The Morgan fingerprint density at radius 2 is 2.25 bits per heavy atom. The second-order valence-corrected chi connectivity index (χ2v) is 6.38. The van der Waals surface area contributed by atoms with Gasteiger partial charge >= 0.3 is 0 Å². The number of methoxy groups -OCH3 is 1. The molecule has 0 aliphatic carbocycles. The summed E-state index contributed by atoms with van der Waals surface area (Å²) in [4.78, 5) is 12.2. The number of carbonyl (C=O) groups is 1. The van der Waals surface area contributed by atoms with Crippen molar-refractivity contribution < 1.29 is 19.0 Å². The number of hydrogen-bond donors (Lipinski definition) is 1. The van der Waals surface area contributed by atoms with Crippen molar-refractivity contribution in [1.82, 2.24) is 10.2 Å². The molecule has 1 aromatic carbocycles. The Hall–Kier alpha value is -2.19. The van der Waals surface area contributed by atoms with Gasteiger partial charge in [0.15, 0.2) is 6.10 Å². The lowest BCUT2D eigenvalue weighted by atomic mass is 10.2. The third-order valence-electron chi connectivity index (χ3n) is 3.60. The molecule has 1 N–H and O–H groups in total. The first kappa shape index (κ1) is 16.7. The number of amides is 1. The summed E-state index contributed by atoms with van der Waals surface area (Å²) in [7, 11) is 1.58. The standard InChI is InChI=1S/C16H19N3O4S/c1-10(23-12-6-3-5-11(9-12)21-2)14(20)17-16-19-18-15(24-16)13-7-4-8-22-13/h3,5-6,9-10,13H,4,7-8H2,1-2H3,(H,17,19,20). The summed E-state index contributed by atoms with van der Waals surface area (Å²) in [5, 5.41) is 12.1. The SMILES string of the molecule is COc1cccc(OC(C)C(=O)Nc2nnc(C3CCCO3)s2)c1. The van der Waals surface area contributed by atoms with Crippen LogP contribution in [0, 0.1) is 0 Å². The first-order chi connectivity index (χ1) is 11.7. The fraction of sp³-hybridized carbons (Fsp3) is 0.438. The zero-order valence-electron chi connectivity index (χ0n) is 13.5. The van der Waals surface area contributed by atoms with E-state index in [1.165, 1.54) is 11.3 Å². The van der Waals surface area contributed by atoms with Gasteiger partial charge in [0.25, 0.3) is 5.91 Å². The Morgan fingerprint density at radius 1 is 1.42 bits per heavy atom. The fourth-order valence-corrected chi connectivity index (χ4v) is 3.16. The second kappa shape index (κ2) is 7.59. The number of benzene rings is 1. The van der Waals surface area contributed by atoms with Gasteiger partial charge in [0, 0.05) is 12.7 Å². The number of nitrogens with zero attached hydrogens (tertiary/aromatic N) is 2. The molecule has 1 aromatic heterocycles. The lowest BCUT2D eigenvalue weighted by Crippen LogP contribution is -2.30. The van der Waals surface area contributed by atoms with E-state index in [0.29, 0.717) is 16.6 Å². The Labute approximate surface area is 144 Å². The van der Waals surface area contributed by atoms with Crippen LogP contribution in [0.4, 0.5) is 5.13 Å². The van der Waals surface area contributed by atoms with E-state index in [1.54, 1.807) is 32.2 Å². The third kappa shape index (κ3) is 4.01. The van der Waals surface area contributed by atoms with Crippen LogP contribution in [-0.2, 0) is 9.53 Å². The van der Waals surface area contributed by atoms with Crippen LogP contribution in [0.1, 0.15) is 30.9 Å². The lowest BCUT2D eigenvalue weighted by Gasteiger charge is -2.14. The topological polar surface area (TPSA) is 82.6 Å². The maximum absolute atomic E-state index is 12.2. The quantitative estimate of drug-likeness (QED) is 0.863. The highest BCUT2D eigenvalue weighted by Gasteiger charge is 2.23. The van der Waals surface area contributed by atoms with Gasteiger partial charge in [0.2, 0.25) is 5.13 Å². The number of ether oxygens (including phenoxy) is 3. The largest absolute Gasteiger partial charge is 0.497 e. The molecule has 1 amide bonds. The van der Waals surface area contributed by atoms with Gasteiger partial charge < -0.3 is 14.2 Å². The first-order valence-electron chi connectivity index (χ1n) is 7.72. The van der Waals surface area contributed by atoms with Crippen molar-refractivity contribution >= 4 is 22.4 Å². The van der Waals surface area contributed by atoms with Crippen molar-refractivity contribution in [2.45, 2.75) is 32.0 Å². The maximum Gasteiger partial charge on any atom is 0.266 e. The number of rotatable bonds is 6. The molecule has 1 aliphatic rings. The van der Waals surface area contributed by atoms with E-state index < -0.39 is 6.10 Å². The Morgan fingerprint density at radius 3 is 3.00 bits per heavy atom. The van der Waals surface area contributed by atoms with Gasteiger partial charge in [-0.1, -0.05) is 17.4 Å². The number of aromatic nitrogens is 2. The molecule has 0 radical (unpaired) electrons. The van der Waals surface area contributed by atoms with Crippen LogP contribution >= 0.6 is 11.3 Å². The molecule has 7 nitrogen and oxygen atoms in total. The van der Waals surface area contributed by atoms with E-state index in [-0.39, 0.29) is 12.0 Å². The highest BCUT2D eigenvalue weighted by atomic mass is 32.1. The maximum atomic E-state index is 12.2. The van der Waals surface area contributed by atoms with Crippen LogP contribution in [0.2, 0.25) is 0 Å². The molecule has 2 heterocycles. The van der Waals surface area contributed by atoms with E-state index in [4.69, 9.17) is 14.2 Å². The van der Waals surface area contributed by atoms with Crippen molar-refractivity contribution in [3.8, 4) is 11.5 Å². The lowest BCUT2D eigenvalue weighted by molar-refractivity contribution is -0.122. The summed E-state index contributed by atoms with van der Waals surface area (Å²) in [6, 6.07) is 7.11. The molecule has 128 valence electrons. The summed E-state index contributed by atoms with van der Waals surface area (Å²) in [5.74, 6) is 0.951. The average molecular weight is 349 g/mol. The van der Waals surface area contributed by atoms with Gasteiger partial charge in [-0.25, -0.2) is 0 Å². The van der Waals surface area contributed by atoms with Crippen LogP contribution in [0.15, 0.2) is 24.3 Å². The predicted molar refractivity (Wildman–Crippen MR) is 89.5 cm³/mol. The molecular weight excluding hydrogens is 330 g/mol. The van der Waals surface area contributed by atoms with Crippen LogP contribution in [0.3, 0.4) is 0 Å². The zero-order chi connectivity index (χ0) is 16.9. The molecule has 1 fully saturated rings. The molecule has 0 spiro atoms. The van der Waals surface area contributed by atoms with Gasteiger partial charge in [-0.05, 0) is 31.9 Å². The molecule has 3 rings (SSSR count). The van der Waals surface area contributed by atoms with Crippen molar-refractivity contribution in [1.29, 1.82) is 0 Å². The molecule has 0 bridgehead atoms. The van der Waals surface area contributed by atoms with E-state index in [0.717, 1.165) is 24.5 Å². The minimum atomic E-state index is -0.674. The highest BCUT2D eigenvalue weighted by Crippen LogP contribution is 2.32. The Balaban J connectivity index is 1.57. The van der Waals surface area contributed by atoms with Crippen molar-refractivity contribution in [2.24, 2.45) is 0 Å². The second-order valence-electron chi connectivity index (χ2n) is 5.38. The highest BCUT2D eigenvalue weighted by molar-refractivity contribution is 7.15. The Bertz CT molecular complexity index is 700. The van der Waals surface area contributed by atoms with Crippen LogP contribution in [0.25, 0.3) is 0 Å². The number of hydrogen-bond acceptors (Lipinski definition) is 7. The van der Waals surface area contributed by atoms with E-state index >= 15 is 0 Å². The predicted octanol–water partition coefficient (Wildman–Crippen LogP) is 2.80. The Kier molecular flexibility index (Phi) is 5.27. The summed E-state index contributed by atoms with van der Waals surface area (Å²) < 4.78 is 16.3. The molecule has 0 saturated carbocycles. The summed E-state index contributed by atoms with van der Waals surface area (Å²) in [6.45, 7) is 2.42. The van der Waals surface area contributed by atoms with E-state index in [9.17, 15) is 4.79 Å². The van der Waals surface area contributed by atoms with Gasteiger partial charge in [0.1, 0.15) is 22.6 Å². The van der Waals surface area contributed by atoms with E-state index in [2.05, 4.69) is 15.5 Å². The molecule has 2 unspecified atom stereocenters. The minimum Gasteiger partial charge on any atom is -0.497 e. The third-order valence-corrected chi connectivity index (χ3v) is 4.53. The summed E-state index contributed by atoms with van der Waals surface area (Å²) in [6.07, 6.45) is 1.29. The fourth-order valence-electron chi connectivity index (χ4n) is 2.33. The zero-order valence-corrected chi connectivity index (χ0v) is 14.3. The van der Waals surface area contributed by atoms with Crippen LogP contribution < -0.4 is 14.8 Å². The van der Waals surface area contributed by atoms with Gasteiger partial charge in [-0.3, -0.25) is 10.1 Å². The molecule has 2 aromatic rings. The monoisotopic (exact) mass is 349 g/mol. The van der Waals surface area contributed by atoms with Gasteiger partial charge in [0.05, 0.1) is 7.11 Å². The van der Waals surface area contributed by atoms with Crippen LogP contribution in [0.5, 0.6) is 11.5 Å². The number of anilines is 1. The van der Waals surface area contributed by atoms with Crippen molar-refractivity contribution in [3.05, 3.63) is 29.3 Å². The van der Waals surface area contributed by atoms with E-state index in [1.807, 2.05) is 6.07 Å². The first-order valence-corrected chi connectivity index (χ1v) is 8.54. The average Bonchev–Trinajstić information content (AvgIpc) is 3.26. The molecular formula is C16H19N3O4S. The molecule has 8 heteroatoms. The van der Waals surface area contributed by atoms with Crippen LogP contribution in [-0.4, -0.2) is 35.9 Å². The van der Waals surface area contributed by atoms with Gasteiger partial charge in [-0.2, -0.15) is 0 Å². The van der Waals surface area contributed by atoms with Crippen molar-refractivity contribution in [3.63, 3.8) is 0 Å². The summed E-state index contributed by atoms with van der Waals surface area (Å²) in [5.41, 5.74) is 0. The molecule has 1 aliphatic heterocycles. The van der Waals surface area contributed by atoms with Crippen molar-refractivity contribution in [2.75, 3.05) is 19.0 Å². The summed E-state index contributed by atoms with van der Waals surface area (Å²) >= 11 is 1.33. The van der Waals surface area contributed by atoms with Gasteiger partial charge in [-0.15, -0.1) is 10.2 Å². The smallest absolute Gasteiger partial charge is 0.266 e. The molecule has 1 saturated heterocycles. The number of nitrogens with one attached hydrogen (secondary N) is 1. The molecule has 24 heavy (non-hydrogen) atoms. The minimum absolute atomic E-state index is 0.00129. The molecule has 2 atom stereocenters. The number of carbonyl (C=O) groups excluding carboxylic acids is 1.